The monoisotopic (exact) mass is 239 g/mol. The topological polar surface area (TPSA) is 12.0 Å². The Hall–Kier alpha value is -0.960. The minimum Gasteiger partial charge on any atom is -0.312 e. The summed E-state index contributed by atoms with van der Waals surface area (Å²) in [5.74, 6) is 0.546. The SMILES string of the molecule is CC1CCC(CNCc2cc(F)cc(F)c2)C1. The van der Waals surface area contributed by atoms with Crippen molar-refractivity contribution < 1.29 is 8.78 Å². The zero-order valence-corrected chi connectivity index (χ0v) is 10.2. The van der Waals surface area contributed by atoms with Gasteiger partial charge in [0.25, 0.3) is 0 Å². The van der Waals surface area contributed by atoms with Crippen LogP contribution < -0.4 is 5.32 Å². The molecular weight excluding hydrogens is 220 g/mol. The van der Waals surface area contributed by atoms with Crippen molar-refractivity contribution in [1.29, 1.82) is 0 Å². The van der Waals surface area contributed by atoms with Crippen molar-refractivity contribution in [2.45, 2.75) is 32.7 Å². The largest absolute Gasteiger partial charge is 0.312 e. The molecule has 1 saturated carbocycles. The van der Waals surface area contributed by atoms with Crippen molar-refractivity contribution in [2.24, 2.45) is 11.8 Å². The van der Waals surface area contributed by atoms with Gasteiger partial charge in [0.05, 0.1) is 0 Å². The molecule has 0 saturated heterocycles. The molecule has 1 aliphatic carbocycles. The number of benzene rings is 1. The standard InChI is InChI=1S/C14H19F2N/c1-10-2-3-11(4-10)8-17-9-12-5-13(15)7-14(16)6-12/h5-7,10-11,17H,2-4,8-9H2,1H3. The molecule has 0 bridgehead atoms. The number of hydrogen-bond acceptors (Lipinski definition) is 1. The third kappa shape index (κ3) is 3.77. The molecule has 0 aliphatic heterocycles. The second-order valence-electron chi connectivity index (χ2n) is 5.19. The molecule has 1 aromatic carbocycles. The number of nitrogens with one attached hydrogen (secondary N) is 1. The van der Waals surface area contributed by atoms with Crippen molar-refractivity contribution >= 4 is 0 Å². The summed E-state index contributed by atoms with van der Waals surface area (Å²) in [5.41, 5.74) is 0.675. The summed E-state index contributed by atoms with van der Waals surface area (Å²) in [5, 5.41) is 3.29. The summed E-state index contributed by atoms with van der Waals surface area (Å²) in [6.45, 7) is 3.77. The average Bonchev–Trinajstić information content (AvgIpc) is 2.63. The van der Waals surface area contributed by atoms with Crippen LogP contribution in [0.25, 0.3) is 0 Å². The third-order valence-corrected chi connectivity index (χ3v) is 3.49. The third-order valence-electron chi connectivity index (χ3n) is 3.49. The predicted molar refractivity (Wildman–Crippen MR) is 64.6 cm³/mol. The normalized spacial score (nSPS) is 24.2. The van der Waals surface area contributed by atoms with Gasteiger partial charge < -0.3 is 5.32 Å². The highest BCUT2D eigenvalue weighted by molar-refractivity contribution is 5.17. The molecule has 94 valence electrons. The van der Waals surface area contributed by atoms with Gasteiger partial charge in [0.2, 0.25) is 0 Å². The number of hydrogen-bond donors (Lipinski definition) is 1. The fourth-order valence-electron chi connectivity index (χ4n) is 2.64. The Morgan fingerprint density at radius 1 is 1.18 bits per heavy atom. The van der Waals surface area contributed by atoms with Gasteiger partial charge in [-0.15, -0.1) is 0 Å². The van der Waals surface area contributed by atoms with E-state index in [0.29, 0.717) is 12.1 Å². The summed E-state index contributed by atoms with van der Waals surface area (Å²) >= 11 is 0. The van der Waals surface area contributed by atoms with E-state index in [2.05, 4.69) is 12.2 Å². The van der Waals surface area contributed by atoms with Crippen LogP contribution in [0.2, 0.25) is 0 Å². The highest BCUT2D eigenvalue weighted by Crippen LogP contribution is 2.29. The average molecular weight is 239 g/mol. The van der Waals surface area contributed by atoms with E-state index in [9.17, 15) is 8.78 Å². The van der Waals surface area contributed by atoms with E-state index < -0.39 is 11.6 Å². The molecule has 0 amide bonds. The van der Waals surface area contributed by atoms with E-state index in [4.69, 9.17) is 0 Å². The maximum absolute atomic E-state index is 12.9. The Morgan fingerprint density at radius 3 is 2.47 bits per heavy atom. The van der Waals surface area contributed by atoms with Crippen molar-refractivity contribution in [1.82, 2.24) is 5.32 Å². The highest BCUT2D eigenvalue weighted by Gasteiger charge is 2.20. The fourth-order valence-corrected chi connectivity index (χ4v) is 2.64. The molecule has 2 unspecified atom stereocenters. The molecule has 0 radical (unpaired) electrons. The van der Waals surface area contributed by atoms with Crippen molar-refractivity contribution in [2.75, 3.05) is 6.54 Å². The zero-order valence-electron chi connectivity index (χ0n) is 10.2. The fraction of sp³-hybridized carbons (Fsp3) is 0.571. The van der Waals surface area contributed by atoms with Crippen LogP contribution in [0.5, 0.6) is 0 Å². The lowest BCUT2D eigenvalue weighted by Crippen LogP contribution is -2.21. The van der Waals surface area contributed by atoms with Crippen molar-refractivity contribution in [3.8, 4) is 0 Å². The first-order valence-corrected chi connectivity index (χ1v) is 6.29. The smallest absolute Gasteiger partial charge is 0.126 e. The first-order chi connectivity index (χ1) is 8.13. The molecule has 1 fully saturated rings. The van der Waals surface area contributed by atoms with Gasteiger partial charge in [-0.3, -0.25) is 0 Å². The van der Waals surface area contributed by atoms with E-state index in [1.54, 1.807) is 0 Å². The van der Waals surface area contributed by atoms with Crippen LogP contribution >= 0.6 is 0 Å². The molecule has 0 spiro atoms. The zero-order chi connectivity index (χ0) is 12.3. The Kier molecular flexibility index (Phi) is 4.11. The maximum Gasteiger partial charge on any atom is 0.126 e. The second-order valence-corrected chi connectivity index (χ2v) is 5.19. The molecule has 2 atom stereocenters. The summed E-state index contributed by atoms with van der Waals surface area (Å²) in [4.78, 5) is 0. The van der Waals surface area contributed by atoms with Gasteiger partial charge in [-0.1, -0.05) is 13.3 Å². The molecule has 1 N–H and O–H groups in total. The van der Waals surface area contributed by atoms with E-state index in [1.165, 1.54) is 31.4 Å². The van der Waals surface area contributed by atoms with E-state index >= 15 is 0 Å². The van der Waals surface area contributed by atoms with Gasteiger partial charge in [-0.2, -0.15) is 0 Å². The van der Waals surface area contributed by atoms with Crippen LogP contribution in [0.1, 0.15) is 31.7 Å². The Balaban J connectivity index is 1.78. The van der Waals surface area contributed by atoms with Gasteiger partial charge in [0, 0.05) is 12.6 Å². The molecule has 1 aromatic rings. The lowest BCUT2D eigenvalue weighted by Gasteiger charge is -2.11. The molecule has 2 rings (SSSR count). The van der Waals surface area contributed by atoms with Crippen LogP contribution in [0.3, 0.4) is 0 Å². The minimum absolute atomic E-state index is 0.503. The Labute approximate surface area is 101 Å². The van der Waals surface area contributed by atoms with Crippen LogP contribution in [0, 0.1) is 23.5 Å². The molecule has 0 heterocycles. The van der Waals surface area contributed by atoms with E-state index in [-0.39, 0.29) is 0 Å². The second kappa shape index (κ2) is 5.58. The molecule has 17 heavy (non-hydrogen) atoms. The van der Waals surface area contributed by atoms with Gasteiger partial charge >= 0.3 is 0 Å². The van der Waals surface area contributed by atoms with Gasteiger partial charge in [-0.05, 0) is 48.9 Å². The molecule has 1 nitrogen and oxygen atoms in total. The van der Waals surface area contributed by atoms with E-state index in [0.717, 1.165) is 24.4 Å². The summed E-state index contributed by atoms with van der Waals surface area (Å²) in [6.07, 6.45) is 3.84. The maximum atomic E-state index is 12.9. The first-order valence-electron chi connectivity index (χ1n) is 6.29. The first kappa shape index (κ1) is 12.5. The van der Waals surface area contributed by atoms with Crippen LogP contribution in [-0.4, -0.2) is 6.54 Å². The molecular formula is C14H19F2N. The number of rotatable bonds is 4. The summed E-state index contributed by atoms with van der Waals surface area (Å²) in [6, 6.07) is 3.67. The number of halogens is 2. The molecule has 0 aromatic heterocycles. The summed E-state index contributed by atoms with van der Waals surface area (Å²) in [7, 11) is 0. The molecule has 1 aliphatic rings. The lowest BCUT2D eigenvalue weighted by molar-refractivity contribution is 0.469. The Morgan fingerprint density at radius 2 is 1.88 bits per heavy atom. The van der Waals surface area contributed by atoms with Crippen LogP contribution in [-0.2, 0) is 6.54 Å². The van der Waals surface area contributed by atoms with Gasteiger partial charge in [0.15, 0.2) is 0 Å². The van der Waals surface area contributed by atoms with Crippen molar-refractivity contribution in [3.63, 3.8) is 0 Å². The van der Waals surface area contributed by atoms with Gasteiger partial charge in [0.1, 0.15) is 11.6 Å². The highest BCUT2D eigenvalue weighted by atomic mass is 19.1. The van der Waals surface area contributed by atoms with Crippen molar-refractivity contribution in [3.05, 3.63) is 35.4 Å². The van der Waals surface area contributed by atoms with Crippen LogP contribution in [0.4, 0.5) is 8.78 Å². The summed E-state index contributed by atoms with van der Waals surface area (Å²) < 4.78 is 25.9. The molecule has 3 heteroatoms. The minimum atomic E-state index is -0.503. The van der Waals surface area contributed by atoms with E-state index in [1.807, 2.05) is 0 Å². The Bertz CT molecular complexity index is 358. The van der Waals surface area contributed by atoms with Gasteiger partial charge in [-0.25, -0.2) is 8.78 Å². The predicted octanol–water partition coefficient (Wildman–Crippen LogP) is 3.49. The quantitative estimate of drug-likeness (QED) is 0.848. The van der Waals surface area contributed by atoms with Crippen LogP contribution in [0.15, 0.2) is 18.2 Å². The lowest BCUT2D eigenvalue weighted by atomic mass is 10.1.